The topological polar surface area (TPSA) is 55.8 Å². The summed E-state index contributed by atoms with van der Waals surface area (Å²) in [5, 5.41) is 9.17. The van der Waals surface area contributed by atoms with Gasteiger partial charge in [0, 0.05) is 5.56 Å². The maximum atomic E-state index is 11.2. The zero-order valence-corrected chi connectivity index (χ0v) is 11.5. The van der Waals surface area contributed by atoms with Crippen molar-refractivity contribution < 1.29 is 19.7 Å². The minimum absolute atomic E-state index is 0.116. The van der Waals surface area contributed by atoms with Gasteiger partial charge in [-0.15, -0.1) is 0 Å². The molecule has 0 bridgehead atoms. The Kier molecular flexibility index (Phi) is 4.35. The van der Waals surface area contributed by atoms with Crippen molar-refractivity contribution in [3.63, 3.8) is 0 Å². The molecule has 4 heteroatoms. The normalized spacial score (nSPS) is 11.7. The van der Waals surface area contributed by atoms with E-state index in [-0.39, 0.29) is 17.2 Å². The number of benzene rings is 1. The van der Waals surface area contributed by atoms with Gasteiger partial charge in [0.2, 0.25) is 0 Å². The molecule has 0 saturated heterocycles. The van der Waals surface area contributed by atoms with Crippen LogP contribution in [-0.4, -0.2) is 16.7 Å². The summed E-state index contributed by atoms with van der Waals surface area (Å²) in [7, 11) is 0. The van der Waals surface area contributed by atoms with Gasteiger partial charge >= 0.3 is 5.97 Å². The monoisotopic (exact) mass is 252 g/mol. The predicted molar refractivity (Wildman–Crippen MR) is 69.0 cm³/mol. The minimum Gasteiger partial charge on any atom is -0.478 e. The smallest absolute Gasteiger partial charge is 0.339 e. The average molecular weight is 252 g/mol. The van der Waals surface area contributed by atoms with Gasteiger partial charge in [-0.2, -0.15) is 4.89 Å². The zero-order chi connectivity index (χ0) is 13.9. The van der Waals surface area contributed by atoms with E-state index in [0.29, 0.717) is 0 Å². The number of aromatic carboxylic acids is 1. The lowest BCUT2D eigenvalue weighted by atomic mass is 9.99. The third kappa shape index (κ3) is 3.74. The molecule has 0 aliphatic heterocycles. The highest BCUT2D eigenvalue weighted by molar-refractivity contribution is 5.91. The number of carboxylic acids is 1. The van der Waals surface area contributed by atoms with E-state index in [9.17, 15) is 4.79 Å². The van der Waals surface area contributed by atoms with Crippen LogP contribution in [0, 0.1) is 0 Å². The summed E-state index contributed by atoms with van der Waals surface area (Å²) >= 11 is 0. The quantitative estimate of drug-likeness (QED) is 0.657. The molecule has 1 aromatic carbocycles. The highest BCUT2D eigenvalue weighted by Crippen LogP contribution is 2.31. The fourth-order valence-corrected chi connectivity index (χ4v) is 1.44. The predicted octanol–water partition coefficient (Wildman–Crippen LogP) is 3.62. The fourth-order valence-electron chi connectivity index (χ4n) is 1.44. The van der Waals surface area contributed by atoms with Gasteiger partial charge in [0.15, 0.2) is 5.75 Å². The fraction of sp³-hybridized carbons (Fsp3) is 0.500. The van der Waals surface area contributed by atoms with E-state index < -0.39 is 11.6 Å². The van der Waals surface area contributed by atoms with E-state index in [0.717, 1.165) is 5.56 Å². The molecule has 0 radical (unpaired) electrons. The SMILES string of the molecule is CC(C)c1cccc(C(=O)O)c1OOC(C)(C)C. The number of para-hydroxylation sites is 1. The first-order valence-electron chi connectivity index (χ1n) is 5.94. The van der Waals surface area contributed by atoms with Crippen LogP contribution in [0.3, 0.4) is 0 Å². The summed E-state index contributed by atoms with van der Waals surface area (Å²) < 4.78 is 0. The van der Waals surface area contributed by atoms with Gasteiger partial charge in [-0.05, 0) is 32.8 Å². The summed E-state index contributed by atoms with van der Waals surface area (Å²) in [4.78, 5) is 21.7. The minimum atomic E-state index is -1.02. The Morgan fingerprint density at radius 2 is 1.89 bits per heavy atom. The molecule has 100 valence electrons. The van der Waals surface area contributed by atoms with Gasteiger partial charge in [-0.3, -0.25) is 0 Å². The lowest BCUT2D eigenvalue weighted by Gasteiger charge is -2.21. The molecule has 1 rings (SSSR count). The molecule has 0 spiro atoms. The van der Waals surface area contributed by atoms with Gasteiger partial charge in [-0.1, -0.05) is 26.0 Å². The second kappa shape index (κ2) is 5.40. The first-order chi connectivity index (χ1) is 8.22. The van der Waals surface area contributed by atoms with Crippen LogP contribution in [0.4, 0.5) is 0 Å². The standard InChI is InChI=1S/C14H20O4/c1-9(2)10-7-6-8-11(13(15)16)12(10)17-18-14(3,4)5/h6-9H,1-5H3,(H,15,16). The maximum Gasteiger partial charge on any atom is 0.339 e. The van der Waals surface area contributed by atoms with Crippen molar-refractivity contribution in [3.05, 3.63) is 29.3 Å². The molecular formula is C14H20O4. The van der Waals surface area contributed by atoms with Crippen LogP contribution in [0.1, 0.15) is 56.5 Å². The Morgan fingerprint density at radius 1 is 1.28 bits per heavy atom. The van der Waals surface area contributed by atoms with Crippen LogP contribution in [0.5, 0.6) is 5.75 Å². The molecule has 0 aliphatic carbocycles. The Bertz CT molecular complexity index is 430. The number of hydrogen-bond acceptors (Lipinski definition) is 3. The third-order valence-corrected chi connectivity index (χ3v) is 2.27. The average Bonchev–Trinajstić information content (AvgIpc) is 2.24. The molecule has 0 atom stereocenters. The van der Waals surface area contributed by atoms with Crippen molar-refractivity contribution in [1.82, 2.24) is 0 Å². The molecule has 0 aliphatic rings. The van der Waals surface area contributed by atoms with Crippen molar-refractivity contribution >= 4 is 5.97 Å². The molecule has 0 saturated carbocycles. The van der Waals surface area contributed by atoms with Crippen LogP contribution in [0.25, 0.3) is 0 Å². The molecule has 0 aromatic heterocycles. The second-order valence-corrected chi connectivity index (χ2v) is 5.46. The van der Waals surface area contributed by atoms with Crippen molar-refractivity contribution in [1.29, 1.82) is 0 Å². The summed E-state index contributed by atoms with van der Waals surface area (Å²) in [6.07, 6.45) is 0. The van der Waals surface area contributed by atoms with Gasteiger partial charge in [0.25, 0.3) is 0 Å². The summed E-state index contributed by atoms with van der Waals surface area (Å²) in [6.45, 7) is 9.47. The lowest BCUT2D eigenvalue weighted by Crippen LogP contribution is -2.22. The highest BCUT2D eigenvalue weighted by Gasteiger charge is 2.21. The van der Waals surface area contributed by atoms with E-state index in [1.54, 1.807) is 6.07 Å². The molecule has 4 nitrogen and oxygen atoms in total. The summed E-state index contributed by atoms with van der Waals surface area (Å²) in [5.74, 6) is -0.581. The van der Waals surface area contributed by atoms with E-state index in [1.165, 1.54) is 6.07 Å². The van der Waals surface area contributed by atoms with Crippen LogP contribution < -0.4 is 4.89 Å². The zero-order valence-electron chi connectivity index (χ0n) is 11.5. The third-order valence-electron chi connectivity index (χ3n) is 2.27. The molecule has 1 N–H and O–H groups in total. The first-order valence-corrected chi connectivity index (χ1v) is 5.94. The summed E-state index contributed by atoms with van der Waals surface area (Å²) in [5.41, 5.74) is 0.435. The molecule has 0 amide bonds. The Hall–Kier alpha value is -1.55. The highest BCUT2D eigenvalue weighted by atomic mass is 17.2. The van der Waals surface area contributed by atoms with Crippen molar-refractivity contribution in [3.8, 4) is 5.75 Å². The van der Waals surface area contributed by atoms with Gasteiger partial charge in [0.05, 0.1) is 0 Å². The van der Waals surface area contributed by atoms with Crippen LogP contribution in [-0.2, 0) is 4.89 Å². The number of hydrogen-bond donors (Lipinski definition) is 1. The van der Waals surface area contributed by atoms with E-state index >= 15 is 0 Å². The molecule has 18 heavy (non-hydrogen) atoms. The van der Waals surface area contributed by atoms with Gasteiger partial charge < -0.3 is 9.99 Å². The van der Waals surface area contributed by atoms with E-state index in [4.69, 9.17) is 14.9 Å². The molecule has 0 unspecified atom stereocenters. The largest absolute Gasteiger partial charge is 0.478 e. The first kappa shape index (κ1) is 14.5. The van der Waals surface area contributed by atoms with Gasteiger partial charge in [-0.25, -0.2) is 4.79 Å². The second-order valence-electron chi connectivity index (χ2n) is 5.46. The Morgan fingerprint density at radius 3 is 2.33 bits per heavy atom. The molecule has 1 aromatic rings. The van der Waals surface area contributed by atoms with Gasteiger partial charge in [0.1, 0.15) is 11.2 Å². The number of carboxylic acid groups (broad SMARTS) is 1. The number of rotatable bonds is 4. The van der Waals surface area contributed by atoms with Crippen LogP contribution >= 0.6 is 0 Å². The van der Waals surface area contributed by atoms with Crippen molar-refractivity contribution in [2.75, 3.05) is 0 Å². The molecular weight excluding hydrogens is 232 g/mol. The maximum absolute atomic E-state index is 11.2. The van der Waals surface area contributed by atoms with Crippen LogP contribution in [0.15, 0.2) is 18.2 Å². The van der Waals surface area contributed by atoms with Crippen LogP contribution in [0.2, 0.25) is 0 Å². The van der Waals surface area contributed by atoms with Crippen molar-refractivity contribution in [2.45, 2.75) is 46.1 Å². The summed E-state index contributed by atoms with van der Waals surface area (Å²) in [6, 6.07) is 5.07. The molecule has 0 heterocycles. The van der Waals surface area contributed by atoms with E-state index in [1.807, 2.05) is 40.7 Å². The molecule has 0 fully saturated rings. The van der Waals surface area contributed by atoms with E-state index in [2.05, 4.69) is 0 Å². The number of carbonyl (C=O) groups is 1. The Balaban J connectivity index is 3.15. The van der Waals surface area contributed by atoms with Crippen molar-refractivity contribution in [2.24, 2.45) is 0 Å². The lowest BCUT2D eigenvalue weighted by molar-refractivity contribution is -0.275. The Labute approximate surface area is 107 Å².